The van der Waals surface area contributed by atoms with Gasteiger partial charge in [0.2, 0.25) is 11.8 Å². The number of hydrogen-bond donors (Lipinski definition) is 0. The molecule has 1 amide bonds. The Morgan fingerprint density at radius 1 is 1.16 bits per heavy atom. The summed E-state index contributed by atoms with van der Waals surface area (Å²) in [4.78, 5) is 16.4. The van der Waals surface area contributed by atoms with Gasteiger partial charge in [-0.25, -0.2) is 0 Å². The topological polar surface area (TPSA) is 84.8 Å². The molecule has 2 aliphatic rings. The Hall–Kier alpha value is -2.19. The summed E-state index contributed by atoms with van der Waals surface area (Å²) in [5.74, 6) is 1.62. The van der Waals surface area contributed by atoms with Crippen molar-refractivity contribution in [3.8, 4) is 11.5 Å². The number of morpholine rings is 1. The smallest absolute Gasteiger partial charge is 0.250 e. The van der Waals surface area contributed by atoms with E-state index in [1.165, 1.54) is 0 Å². The molecule has 4 heterocycles. The molecule has 2 saturated heterocycles. The zero-order valence-corrected chi connectivity index (χ0v) is 14.1. The molecule has 0 unspecified atom stereocenters. The molecule has 134 valence electrons. The van der Waals surface area contributed by atoms with Gasteiger partial charge in [-0.15, -0.1) is 10.2 Å². The molecule has 25 heavy (non-hydrogen) atoms. The van der Waals surface area contributed by atoms with Gasteiger partial charge >= 0.3 is 0 Å². The number of carbonyl (C=O) groups is 1. The summed E-state index contributed by atoms with van der Waals surface area (Å²) in [5.41, 5.74) is 0.798. The van der Waals surface area contributed by atoms with Crippen LogP contribution in [0.15, 0.2) is 27.4 Å². The fourth-order valence-corrected chi connectivity index (χ4v) is 3.34. The van der Waals surface area contributed by atoms with Gasteiger partial charge in [-0.2, -0.15) is 0 Å². The van der Waals surface area contributed by atoms with Gasteiger partial charge in [-0.1, -0.05) is 0 Å². The number of piperidine rings is 1. The van der Waals surface area contributed by atoms with Crippen LogP contribution in [0, 0.1) is 0 Å². The summed E-state index contributed by atoms with van der Waals surface area (Å²) in [6.07, 6.45) is 5.02. The summed E-state index contributed by atoms with van der Waals surface area (Å²) in [5, 5.41) is 8.29. The minimum atomic E-state index is 0.196. The van der Waals surface area contributed by atoms with Crippen molar-refractivity contribution in [1.29, 1.82) is 0 Å². The van der Waals surface area contributed by atoms with Gasteiger partial charge in [0.15, 0.2) is 0 Å². The maximum Gasteiger partial charge on any atom is 0.250 e. The van der Waals surface area contributed by atoms with Crippen molar-refractivity contribution in [2.24, 2.45) is 0 Å². The van der Waals surface area contributed by atoms with E-state index in [0.717, 1.165) is 31.5 Å². The fraction of sp³-hybridized carbons (Fsp3) is 0.588. The second-order valence-electron chi connectivity index (χ2n) is 6.50. The molecule has 2 fully saturated rings. The van der Waals surface area contributed by atoms with Crippen LogP contribution in [0.3, 0.4) is 0 Å². The summed E-state index contributed by atoms with van der Waals surface area (Å²) in [7, 11) is 0. The van der Waals surface area contributed by atoms with Gasteiger partial charge in [0.25, 0.3) is 5.89 Å². The van der Waals surface area contributed by atoms with E-state index in [-0.39, 0.29) is 11.8 Å². The molecule has 0 aliphatic carbocycles. The highest BCUT2D eigenvalue weighted by Gasteiger charge is 2.27. The largest absolute Gasteiger partial charge is 0.472 e. The summed E-state index contributed by atoms with van der Waals surface area (Å²) in [6, 6.07) is 1.80. The van der Waals surface area contributed by atoms with Crippen molar-refractivity contribution in [2.45, 2.75) is 18.8 Å². The maximum atomic E-state index is 12.3. The van der Waals surface area contributed by atoms with Crippen LogP contribution in [-0.4, -0.2) is 71.8 Å². The first-order valence-electron chi connectivity index (χ1n) is 8.73. The predicted molar refractivity (Wildman–Crippen MR) is 87.8 cm³/mol. The first kappa shape index (κ1) is 16.3. The monoisotopic (exact) mass is 346 g/mol. The number of amides is 1. The standard InChI is InChI=1S/C17H22N4O4/c22-15(21-6-9-23-10-7-21)11-20-4-1-13(2-5-20)16-18-19-17(25-16)14-3-8-24-12-14/h3,8,12-13H,1-2,4-7,9-11H2. The van der Waals surface area contributed by atoms with Crippen molar-refractivity contribution in [3.63, 3.8) is 0 Å². The Balaban J connectivity index is 1.29. The summed E-state index contributed by atoms with van der Waals surface area (Å²) in [6.45, 7) is 4.90. The molecular formula is C17H22N4O4. The third kappa shape index (κ3) is 3.74. The Kier molecular flexibility index (Phi) is 4.80. The Morgan fingerprint density at radius 2 is 1.96 bits per heavy atom. The van der Waals surface area contributed by atoms with Crippen molar-refractivity contribution < 1.29 is 18.4 Å². The number of carbonyl (C=O) groups excluding carboxylic acids is 1. The summed E-state index contributed by atoms with van der Waals surface area (Å²) >= 11 is 0. The third-order valence-corrected chi connectivity index (χ3v) is 4.87. The van der Waals surface area contributed by atoms with Gasteiger partial charge in [0.1, 0.15) is 6.26 Å². The van der Waals surface area contributed by atoms with E-state index in [9.17, 15) is 4.79 Å². The number of nitrogens with zero attached hydrogens (tertiary/aromatic N) is 4. The number of ether oxygens (including phenoxy) is 1. The number of hydrogen-bond acceptors (Lipinski definition) is 7. The SMILES string of the molecule is O=C(CN1CCC(c2nnc(-c3ccoc3)o2)CC1)N1CCOCC1. The number of furan rings is 1. The van der Waals surface area contributed by atoms with Crippen molar-refractivity contribution in [2.75, 3.05) is 45.9 Å². The highest BCUT2D eigenvalue weighted by Crippen LogP contribution is 2.29. The lowest BCUT2D eigenvalue weighted by atomic mass is 9.97. The van der Waals surface area contributed by atoms with E-state index >= 15 is 0 Å². The van der Waals surface area contributed by atoms with E-state index in [1.807, 2.05) is 4.90 Å². The van der Waals surface area contributed by atoms with Crippen LogP contribution in [0.1, 0.15) is 24.7 Å². The van der Waals surface area contributed by atoms with Gasteiger partial charge in [-0.05, 0) is 32.0 Å². The van der Waals surface area contributed by atoms with Gasteiger partial charge in [0, 0.05) is 19.0 Å². The first-order valence-corrected chi connectivity index (χ1v) is 8.73. The third-order valence-electron chi connectivity index (χ3n) is 4.87. The Labute approximate surface area is 145 Å². The fourth-order valence-electron chi connectivity index (χ4n) is 3.34. The van der Waals surface area contributed by atoms with Crippen LogP contribution in [0.2, 0.25) is 0 Å². The average Bonchev–Trinajstić information content (AvgIpc) is 3.35. The van der Waals surface area contributed by atoms with Gasteiger partial charge in [0.05, 0.1) is 31.6 Å². The van der Waals surface area contributed by atoms with Gasteiger partial charge < -0.3 is 18.5 Å². The molecule has 2 aliphatic heterocycles. The quantitative estimate of drug-likeness (QED) is 0.826. The molecule has 2 aromatic heterocycles. The second kappa shape index (κ2) is 7.37. The van der Waals surface area contributed by atoms with E-state index in [1.54, 1.807) is 18.6 Å². The van der Waals surface area contributed by atoms with Crippen LogP contribution in [-0.2, 0) is 9.53 Å². The van der Waals surface area contributed by atoms with E-state index in [2.05, 4.69) is 15.1 Å². The Morgan fingerprint density at radius 3 is 2.68 bits per heavy atom. The summed E-state index contributed by atoms with van der Waals surface area (Å²) < 4.78 is 16.1. The van der Waals surface area contributed by atoms with Crippen LogP contribution in [0.25, 0.3) is 11.5 Å². The normalized spacial score (nSPS) is 20.1. The molecule has 4 rings (SSSR count). The number of aromatic nitrogens is 2. The molecular weight excluding hydrogens is 324 g/mol. The van der Waals surface area contributed by atoms with E-state index in [4.69, 9.17) is 13.6 Å². The highest BCUT2D eigenvalue weighted by molar-refractivity contribution is 5.78. The maximum absolute atomic E-state index is 12.3. The highest BCUT2D eigenvalue weighted by atomic mass is 16.5. The van der Waals surface area contributed by atoms with Crippen LogP contribution in [0.4, 0.5) is 0 Å². The van der Waals surface area contributed by atoms with Crippen molar-refractivity contribution in [3.05, 3.63) is 24.5 Å². The molecule has 0 aromatic carbocycles. The average molecular weight is 346 g/mol. The second-order valence-corrected chi connectivity index (χ2v) is 6.50. The van der Waals surface area contributed by atoms with Crippen molar-refractivity contribution >= 4 is 5.91 Å². The van der Waals surface area contributed by atoms with E-state index < -0.39 is 0 Å². The van der Waals surface area contributed by atoms with Gasteiger partial charge in [-0.3, -0.25) is 9.69 Å². The lowest BCUT2D eigenvalue weighted by Crippen LogP contribution is -2.47. The molecule has 0 spiro atoms. The van der Waals surface area contributed by atoms with Crippen LogP contribution in [0.5, 0.6) is 0 Å². The lowest BCUT2D eigenvalue weighted by molar-refractivity contribution is -0.136. The van der Waals surface area contributed by atoms with E-state index in [0.29, 0.717) is 44.6 Å². The molecule has 0 atom stereocenters. The zero-order chi connectivity index (χ0) is 17.1. The molecule has 0 radical (unpaired) electrons. The van der Waals surface area contributed by atoms with Crippen LogP contribution >= 0.6 is 0 Å². The molecule has 2 aromatic rings. The number of likely N-dealkylation sites (tertiary alicyclic amines) is 1. The predicted octanol–water partition coefficient (Wildman–Crippen LogP) is 1.37. The molecule has 0 bridgehead atoms. The molecule has 8 nitrogen and oxygen atoms in total. The first-order chi connectivity index (χ1) is 12.3. The molecule has 0 saturated carbocycles. The minimum absolute atomic E-state index is 0.196. The molecule has 0 N–H and O–H groups in total. The van der Waals surface area contributed by atoms with Crippen LogP contribution < -0.4 is 0 Å². The Bertz CT molecular complexity index is 685. The minimum Gasteiger partial charge on any atom is -0.472 e. The number of rotatable bonds is 4. The lowest BCUT2D eigenvalue weighted by Gasteiger charge is -2.33. The molecule has 8 heteroatoms. The van der Waals surface area contributed by atoms with Crippen molar-refractivity contribution in [1.82, 2.24) is 20.0 Å². The zero-order valence-electron chi connectivity index (χ0n) is 14.1.